The molecule has 9 nitrogen and oxygen atoms in total. The van der Waals surface area contributed by atoms with Crippen molar-refractivity contribution in [1.29, 1.82) is 10.5 Å². The molecule has 6 aromatic rings. The van der Waals surface area contributed by atoms with Crippen molar-refractivity contribution in [2.45, 2.75) is 60.8 Å². The van der Waals surface area contributed by atoms with E-state index >= 15 is 0 Å². The number of nitrogens with zero attached hydrogens (tertiary/aromatic N) is 9. The summed E-state index contributed by atoms with van der Waals surface area (Å²) in [5, 5.41) is 18.8. The second-order valence-electron chi connectivity index (χ2n) is 16.9. The predicted octanol–water partition coefficient (Wildman–Crippen LogP) is 12.8. The molecule has 1 fully saturated rings. The first-order valence-corrected chi connectivity index (χ1v) is 19.8. The zero-order valence-corrected chi connectivity index (χ0v) is 34.8. The van der Waals surface area contributed by atoms with Crippen LogP contribution in [0.15, 0.2) is 125 Å². The zero-order valence-electron chi connectivity index (χ0n) is 34.8. The molecule has 9 heteroatoms. The molecule has 2 unspecified atom stereocenters. The lowest BCUT2D eigenvalue weighted by Crippen LogP contribution is -2.44. The summed E-state index contributed by atoms with van der Waals surface area (Å²) in [6.45, 7) is 20.3. The van der Waals surface area contributed by atoms with Crippen LogP contribution in [0.2, 0.25) is 0 Å². The van der Waals surface area contributed by atoms with Gasteiger partial charge >= 0.3 is 0 Å². The molecule has 3 heterocycles. The topological polar surface area (TPSA) is 128 Å². The minimum absolute atomic E-state index is 0.347. The van der Waals surface area contributed by atoms with E-state index in [2.05, 4.69) is 56.4 Å². The van der Waals surface area contributed by atoms with Crippen LogP contribution >= 0.6 is 0 Å². The number of rotatable bonds is 9. The normalized spacial score (nSPS) is 20.2. The Bertz CT molecular complexity index is 2520. The maximum absolute atomic E-state index is 9.41. The van der Waals surface area contributed by atoms with E-state index in [1.807, 2.05) is 99.8 Å². The molecular formula is C51H45N9. The molecule has 0 amide bonds. The first kappa shape index (κ1) is 40.8. The molecule has 2 atom stereocenters. The fourth-order valence-corrected chi connectivity index (χ4v) is 8.66. The first-order chi connectivity index (χ1) is 28.8. The predicted molar refractivity (Wildman–Crippen MR) is 242 cm³/mol. The van der Waals surface area contributed by atoms with Crippen molar-refractivity contribution >= 4 is 41.4 Å². The molecule has 3 aromatic heterocycles. The van der Waals surface area contributed by atoms with Gasteiger partial charge in [0.25, 0.3) is 0 Å². The smallest absolute Gasteiger partial charge is 0.187 e. The van der Waals surface area contributed by atoms with Crippen molar-refractivity contribution in [2.24, 2.45) is 31.2 Å². The summed E-state index contributed by atoms with van der Waals surface area (Å²) in [5.74, 6) is 0. The van der Waals surface area contributed by atoms with E-state index in [9.17, 15) is 10.5 Å². The van der Waals surface area contributed by atoms with Gasteiger partial charge in [0, 0.05) is 46.0 Å². The Hall–Kier alpha value is -7.41. The van der Waals surface area contributed by atoms with E-state index in [0.29, 0.717) is 16.8 Å². The van der Waals surface area contributed by atoms with Gasteiger partial charge in [0.05, 0.1) is 82.6 Å². The molecular weight excluding hydrogens is 739 g/mol. The average molecular weight is 784 g/mol. The van der Waals surface area contributed by atoms with Crippen LogP contribution in [0.1, 0.15) is 67.9 Å². The summed E-state index contributed by atoms with van der Waals surface area (Å²) in [6, 6.07) is 32.9. The van der Waals surface area contributed by atoms with Gasteiger partial charge in [-0.25, -0.2) is 4.85 Å². The summed E-state index contributed by atoms with van der Waals surface area (Å²) in [4.78, 5) is 33.0. The van der Waals surface area contributed by atoms with E-state index < -0.39 is 0 Å². The van der Waals surface area contributed by atoms with Crippen LogP contribution < -0.4 is 0 Å². The number of hydrogen-bond donors (Lipinski definition) is 0. The zero-order chi connectivity index (χ0) is 42.5. The van der Waals surface area contributed by atoms with Crippen molar-refractivity contribution in [1.82, 2.24) is 15.0 Å². The molecule has 1 aliphatic carbocycles. The fraction of sp³-hybridized carbons (Fsp3) is 0.235. The van der Waals surface area contributed by atoms with Crippen molar-refractivity contribution < 1.29 is 0 Å². The molecule has 0 aliphatic heterocycles. The quantitative estimate of drug-likeness (QED) is 0.106. The summed E-state index contributed by atoms with van der Waals surface area (Å²) in [7, 11) is 0. The number of nitriles is 2. The van der Waals surface area contributed by atoms with Crippen molar-refractivity contribution in [3.63, 3.8) is 0 Å². The van der Waals surface area contributed by atoms with Crippen LogP contribution in [-0.2, 0) is 0 Å². The number of aromatic nitrogens is 3. The Labute approximate surface area is 352 Å². The third-order valence-corrected chi connectivity index (χ3v) is 11.1. The van der Waals surface area contributed by atoms with Crippen LogP contribution in [0.3, 0.4) is 0 Å². The third-order valence-electron chi connectivity index (χ3n) is 11.1. The molecule has 0 radical (unpaired) electrons. The highest BCUT2D eigenvalue weighted by atomic mass is 14.8. The van der Waals surface area contributed by atoms with E-state index in [1.165, 1.54) is 0 Å². The van der Waals surface area contributed by atoms with Crippen LogP contribution in [0.4, 0.5) is 22.7 Å². The molecule has 0 spiro atoms. The lowest BCUT2D eigenvalue weighted by Gasteiger charge is -2.49. The van der Waals surface area contributed by atoms with Gasteiger partial charge in [0.15, 0.2) is 5.69 Å². The highest BCUT2D eigenvalue weighted by molar-refractivity contribution is 5.80. The van der Waals surface area contributed by atoms with Crippen molar-refractivity contribution in [3.05, 3.63) is 149 Å². The molecule has 0 bridgehead atoms. The second kappa shape index (κ2) is 16.8. The van der Waals surface area contributed by atoms with Gasteiger partial charge in [0.2, 0.25) is 0 Å². The number of aliphatic imine (C=N–C) groups is 3. The molecule has 60 heavy (non-hydrogen) atoms. The van der Waals surface area contributed by atoms with Crippen LogP contribution in [0.25, 0.3) is 38.6 Å². The number of pyridine rings is 3. The van der Waals surface area contributed by atoms with Gasteiger partial charge < -0.3 is 0 Å². The van der Waals surface area contributed by atoms with Crippen LogP contribution in [-0.4, -0.2) is 33.6 Å². The van der Waals surface area contributed by atoms with Crippen LogP contribution in [0, 0.1) is 66.3 Å². The van der Waals surface area contributed by atoms with Gasteiger partial charge in [-0.05, 0) is 111 Å². The molecule has 0 saturated heterocycles. The van der Waals surface area contributed by atoms with E-state index in [0.717, 1.165) is 86.8 Å². The highest BCUT2D eigenvalue weighted by Crippen LogP contribution is 2.53. The fourth-order valence-electron chi connectivity index (χ4n) is 8.66. The minimum atomic E-state index is -0.347. The Morgan fingerprint density at radius 2 is 0.900 bits per heavy atom. The summed E-state index contributed by atoms with van der Waals surface area (Å²) >= 11 is 0. The average Bonchev–Trinajstić information content (AvgIpc) is 3.24. The van der Waals surface area contributed by atoms with Gasteiger partial charge in [0.1, 0.15) is 0 Å². The Morgan fingerprint density at radius 3 is 1.23 bits per heavy atom. The standard InChI is InChI=1S/C51H45N9/c1-34-17-43(39-13-8-11-37(20-39)23-52)55-25-46(34)58-31-49(4)28-50(5,32-59-47-26-56-44(18-35(47)2)40-14-9-12-38(21-40)24-53)30-51(6,29-49)33-60-48-27-57-45(19-36(48)3)41-15-10-16-42(22-41)54-7/h8-22,25-27,31-33H,28-30H2,1-6H3. The van der Waals surface area contributed by atoms with Gasteiger partial charge in [-0.2, -0.15) is 10.5 Å². The van der Waals surface area contributed by atoms with Gasteiger partial charge in [-0.15, -0.1) is 0 Å². The van der Waals surface area contributed by atoms with E-state index in [-0.39, 0.29) is 16.2 Å². The molecule has 7 rings (SSSR count). The van der Waals surface area contributed by atoms with Crippen molar-refractivity contribution in [2.75, 3.05) is 0 Å². The molecule has 294 valence electrons. The molecule has 1 saturated carbocycles. The lowest BCUT2D eigenvalue weighted by atomic mass is 9.55. The van der Waals surface area contributed by atoms with Gasteiger partial charge in [-0.1, -0.05) is 63.2 Å². The van der Waals surface area contributed by atoms with Crippen LogP contribution in [0.5, 0.6) is 0 Å². The first-order valence-electron chi connectivity index (χ1n) is 19.8. The minimum Gasteiger partial charge on any atom is -0.259 e. The number of benzene rings is 3. The molecule has 1 aliphatic rings. The SMILES string of the molecule is [C-]#[N+]c1cccc(-c2cc(C)c(N=CC3(C)CC(C)(C=Nc4cnc(-c5cccc(C#N)c5)cc4C)CC(C)(C=Nc4cnc(-c5cccc(C#N)c5)cc4C)C3)cn2)c1. The Kier molecular flexibility index (Phi) is 11.4. The highest BCUT2D eigenvalue weighted by Gasteiger charge is 2.47. The van der Waals surface area contributed by atoms with E-state index in [4.69, 9.17) is 36.5 Å². The van der Waals surface area contributed by atoms with Gasteiger partial charge in [-0.3, -0.25) is 29.9 Å². The van der Waals surface area contributed by atoms with E-state index in [1.54, 1.807) is 30.6 Å². The molecule has 0 N–H and O–H groups in total. The summed E-state index contributed by atoms with van der Waals surface area (Å²) < 4.78 is 0. The second-order valence-corrected chi connectivity index (χ2v) is 16.9. The number of hydrogen-bond acceptors (Lipinski definition) is 8. The monoisotopic (exact) mass is 783 g/mol. The lowest BCUT2D eigenvalue weighted by molar-refractivity contribution is 0.121. The summed E-state index contributed by atoms with van der Waals surface area (Å²) in [5.41, 5.74) is 11.1. The number of aryl methyl sites for hydroxylation is 3. The Morgan fingerprint density at radius 1 is 0.550 bits per heavy atom. The molecule has 3 aromatic carbocycles. The third kappa shape index (κ3) is 9.31. The van der Waals surface area contributed by atoms with Crippen molar-refractivity contribution in [3.8, 4) is 45.9 Å². The maximum Gasteiger partial charge on any atom is 0.187 e. The largest absolute Gasteiger partial charge is 0.259 e. The summed E-state index contributed by atoms with van der Waals surface area (Å²) in [6.07, 6.45) is 14.1. The maximum atomic E-state index is 9.41. The Balaban J connectivity index is 1.20.